The molecule has 1 nitrogen and oxygen atoms in total. The lowest BCUT2D eigenvalue weighted by Crippen LogP contribution is -2.11. The maximum atomic E-state index is 2.47. The van der Waals surface area contributed by atoms with Crippen LogP contribution in [0.5, 0.6) is 0 Å². The number of hydrogen-bond donors (Lipinski definition) is 0. The first-order chi connectivity index (χ1) is 23.3. The molecule has 8 aromatic carbocycles. The Morgan fingerprint density at radius 1 is 0.340 bits per heavy atom. The molecule has 0 saturated carbocycles. The van der Waals surface area contributed by atoms with Crippen molar-refractivity contribution < 1.29 is 0 Å². The molecule has 47 heavy (non-hydrogen) atoms. The standard InChI is InChI=1S/C44H27NS2/c1-2-12-32-28(10-1)11-9-17-39(32)45(30-21-25-44-38(27-30)36-16-6-8-19-42(36)47-44)40-23-22-31(33-13-3-4-14-34(33)40)29-20-24-43-37(26-29)35-15-5-7-18-41(35)46-43/h1-27H. The van der Waals surface area contributed by atoms with Gasteiger partial charge in [-0.15, -0.1) is 22.7 Å². The molecule has 0 N–H and O–H groups in total. The minimum Gasteiger partial charge on any atom is -0.309 e. The van der Waals surface area contributed by atoms with Crippen LogP contribution < -0.4 is 4.90 Å². The first kappa shape index (κ1) is 26.7. The van der Waals surface area contributed by atoms with E-state index in [2.05, 4.69) is 169 Å². The van der Waals surface area contributed by atoms with Crippen molar-refractivity contribution in [3.8, 4) is 11.1 Å². The highest BCUT2D eigenvalue weighted by molar-refractivity contribution is 7.26. The highest BCUT2D eigenvalue weighted by atomic mass is 32.1. The van der Waals surface area contributed by atoms with Gasteiger partial charge in [0.1, 0.15) is 0 Å². The summed E-state index contributed by atoms with van der Waals surface area (Å²) in [4.78, 5) is 2.47. The minimum absolute atomic E-state index is 1.15. The van der Waals surface area contributed by atoms with Crippen LogP contribution in [0, 0.1) is 0 Å². The van der Waals surface area contributed by atoms with E-state index in [1.165, 1.54) is 84.4 Å². The van der Waals surface area contributed by atoms with Crippen LogP contribution in [0.4, 0.5) is 17.1 Å². The van der Waals surface area contributed by atoms with Gasteiger partial charge in [-0.2, -0.15) is 0 Å². The molecule has 0 spiro atoms. The molecule has 2 heterocycles. The van der Waals surface area contributed by atoms with E-state index in [1.54, 1.807) is 0 Å². The van der Waals surface area contributed by atoms with Gasteiger partial charge in [0.05, 0.1) is 11.4 Å². The second-order valence-corrected chi connectivity index (χ2v) is 14.3. The Morgan fingerprint density at radius 3 is 1.66 bits per heavy atom. The molecule has 0 aliphatic carbocycles. The van der Waals surface area contributed by atoms with Gasteiger partial charge in [-0.1, -0.05) is 109 Å². The smallest absolute Gasteiger partial charge is 0.0540 e. The predicted molar refractivity (Wildman–Crippen MR) is 207 cm³/mol. The Balaban J connectivity index is 1.23. The third kappa shape index (κ3) is 4.21. The third-order valence-corrected chi connectivity index (χ3v) is 11.8. The van der Waals surface area contributed by atoms with Crippen LogP contribution in [-0.2, 0) is 0 Å². The molecule has 0 fully saturated rings. The molecule has 0 aliphatic rings. The Morgan fingerprint density at radius 2 is 0.894 bits per heavy atom. The van der Waals surface area contributed by atoms with Crippen LogP contribution in [0.3, 0.4) is 0 Å². The Bertz CT molecular complexity index is 2820. The molecule has 0 radical (unpaired) electrons. The first-order valence-corrected chi connectivity index (χ1v) is 17.6. The van der Waals surface area contributed by atoms with Crippen molar-refractivity contribution in [1.29, 1.82) is 0 Å². The summed E-state index contributed by atoms with van der Waals surface area (Å²) in [5.74, 6) is 0. The molecule has 0 atom stereocenters. The highest BCUT2D eigenvalue weighted by Crippen LogP contribution is 2.46. The van der Waals surface area contributed by atoms with E-state index >= 15 is 0 Å². The van der Waals surface area contributed by atoms with E-state index in [0.29, 0.717) is 0 Å². The van der Waals surface area contributed by atoms with Crippen LogP contribution in [-0.4, -0.2) is 0 Å². The molecule has 220 valence electrons. The van der Waals surface area contributed by atoms with Gasteiger partial charge >= 0.3 is 0 Å². The van der Waals surface area contributed by atoms with Crippen molar-refractivity contribution in [2.24, 2.45) is 0 Å². The molecule has 10 aromatic rings. The fourth-order valence-corrected chi connectivity index (χ4v) is 9.46. The number of hydrogen-bond acceptors (Lipinski definition) is 3. The quantitative estimate of drug-likeness (QED) is 0.186. The van der Waals surface area contributed by atoms with E-state index in [-0.39, 0.29) is 0 Å². The average molecular weight is 634 g/mol. The van der Waals surface area contributed by atoms with Crippen LogP contribution in [0.25, 0.3) is 73.0 Å². The second kappa shape index (κ2) is 10.5. The van der Waals surface area contributed by atoms with Crippen LogP contribution in [0.2, 0.25) is 0 Å². The van der Waals surface area contributed by atoms with Gasteiger partial charge in [0.2, 0.25) is 0 Å². The van der Waals surface area contributed by atoms with Gasteiger partial charge in [0, 0.05) is 56.8 Å². The number of thiophene rings is 2. The lowest BCUT2D eigenvalue weighted by Gasteiger charge is -2.29. The number of benzene rings is 8. The lowest BCUT2D eigenvalue weighted by molar-refractivity contribution is 1.32. The molecular weight excluding hydrogens is 607 g/mol. The van der Waals surface area contributed by atoms with Crippen molar-refractivity contribution in [1.82, 2.24) is 0 Å². The van der Waals surface area contributed by atoms with Gasteiger partial charge in [0.25, 0.3) is 0 Å². The highest BCUT2D eigenvalue weighted by Gasteiger charge is 2.20. The second-order valence-electron chi connectivity index (χ2n) is 12.1. The normalized spacial score (nSPS) is 11.8. The fourth-order valence-electron chi connectivity index (χ4n) is 7.29. The van der Waals surface area contributed by atoms with Crippen molar-refractivity contribution in [2.75, 3.05) is 4.90 Å². The summed E-state index contributed by atoms with van der Waals surface area (Å²) in [6.45, 7) is 0. The molecule has 2 aromatic heterocycles. The van der Waals surface area contributed by atoms with E-state index in [9.17, 15) is 0 Å². The summed E-state index contributed by atoms with van der Waals surface area (Å²) in [7, 11) is 0. The van der Waals surface area contributed by atoms with E-state index < -0.39 is 0 Å². The zero-order valence-electron chi connectivity index (χ0n) is 25.4. The number of rotatable bonds is 4. The SMILES string of the molecule is c1ccc2c(N(c3ccc4sc5ccccc5c4c3)c3ccc(-c4ccc5sc6ccccc6c5c4)c4ccccc34)cccc2c1. The molecule has 0 amide bonds. The van der Waals surface area contributed by atoms with Gasteiger partial charge < -0.3 is 4.90 Å². The summed E-state index contributed by atoms with van der Waals surface area (Å²) in [5, 5.41) is 10.2. The van der Waals surface area contributed by atoms with Crippen LogP contribution >= 0.6 is 22.7 Å². The fraction of sp³-hybridized carbons (Fsp3) is 0. The third-order valence-electron chi connectivity index (χ3n) is 9.46. The number of fused-ring (bicyclic) bond motifs is 8. The maximum Gasteiger partial charge on any atom is 0.0540 e. The van der Waals surface area contributed by atoms with Gasteiger partial charge in [-0.25, -0.2) is 0 Å². The van der Waals surface area contributed by atoms with Crippen LogP contribution in [0.15, 0.2) is 164 Å². The van der Waals surface area contributed by atoms with Gasteiger partial charge in [-0.3, -0.25) is 0 Å². The zero-order valence-corrected chi connectivity index (χ0v) is 27.0. The molecule has 3 heteroatoms. The largest absolute Gasteiger partial charge is 0.309 e. The predicted octanol–water partition coefficient (Wildman–Crippen LogP) is 13.9. The van der Waals surface area contributed by atoms with Gasteiger partial charge in [-0.05, 0) is 76.5 Å². The van der Waals surface area contributed by atoms with E-state index in [1.807, 2.05) is 22.7 Å². The van der Waals surface area contributed by atoms with Crippen molar-refractivity contribution >= 4 is 102 Å². The summed E-state index contributed by atoms with van der Waals surface area (Å²) < 4.78 is 5.29. The maximum absolute atomic E-state index is 2.47. The van der Waals surface area contributed by atoms with E-state index in [4.69, 9.17) is 0 Å². The van der Waals surface area contributed by atoms with Gasteiger partial charge in [0.15, 0.2) is 0 Å². The first-order valence-electron chi connectivity index (χ1n) is 15.9. The van der Waals surface area contributed by atoms with E-state index in [0.717, 1.165) is 5.69 Å². The molecule has 0 saturated heterocycles. The van der Waals surface area contributed by atoms with Crippen molar-refractivity contribution in [3.63, 3.8) is 0 Å². The molecule has 10 rings (SSSR count). The summed E-state index contributed by atoms with van der Waals surface area (Å²) in [6, 6.07) is 60.3. The number of anilines is 3. The Hall–Kier alpha value is -5.48. The zero-order chi connectivity index (χ0) is 30.9. The van der Waals surface area contributed by atoms with Crippen molar-refractivity contribution in [2.45, 2.75) is 0 Å². The summed E-state index contributed by atoms with van der Waals surface area (Å²) in [5.41, 5.74) is 5.99. The molecule has 0 bridgehead atoms. The van der Waals surface area contributed by atoms with Crippen molar-refractivity contribution in [3.05, 3.63) is 164 Å². The summed E-state index contributed by atoms with van der Waals surface area (Å²) in [6.07, 6.45) is 0. The monoisotopic (exact) mass is 633 g/mol. The molecular formula is C44H27NS2. The lowest BCUT2D eigenvalue weighted by atomic mass is 9.95. The Labute approximate surface area is 280 Å². The topological polar surface area (TPSA) is 3.24 Å². The average Bonchev–Trinajstić information content (AvgIpc) is 3.70. The molecule has 0 aliphatic heterocycles. The minimum atomic E-state index is 1.15. The number of nitrogens with zero attached hydrogens (tertiary/aromatic N) is 1. The molecule has 0 unspecified atom stereocenters. The van der Waals surface area contributed by atoms with Crippen LogP contribution in [0.1, 0.15) is 0 Å². The Kier molecular flexibility index (Phi) is 5.98. The summed E-state index contributed by atoms with van der Waals surface area (Å²) >= 11 is 3.73.